The van der Waals surface area contributed by atoms with E-state index in [4.69, 9.17) is 21.1 Å². The Labute approximate surface area is 132 Å². The molecule has 112 valence electrons. The van der Waals surface area contributed by atoms with Crippen molar-refractivity contribution in [1.82, 2.24) is 4.98 Å². The van der Waals surface area contributed by atoms with Gasteiger partial charge in [-0.05, 0) is 30.3 Å². The molecule has 0 radical (unpaired) electrons. The van der Waals surface area contributed by atoms with E-state index in [1.165, 1.54) is 19.2 Å². The second-order valence-corrected chi connectivity index (χ2v) is 5.10. The van der Waals surface area contributed by atoms with E-state index in [-0.39, 0.29) is 5.82 Å². The van der Waals surface area contributed by atoms with E-state index in [1.807, 2.05) is 18.2 Å². The van der Waals surface area contributed by atoms with Gasteiger partial charge in [0.05, 0.1) is 24.8 Å². The lowest BCUT2D eigenvalue weighted by Gasteiger charge is -2.13. The first kappa shape index (κ1) is 14.6. The Morgan fingerprint density at radius 1 is 1.00 bits per heavy atom. The lowest BCUT2D eigenvalue weighted by molar-refractivity contribution is 0.409. The number of hydrogen-bond donors (Lipinski definition) is 0. The van der Waals surface area contributed by atoms with Crippen LogP contribution in [0.4, 0.5) is 4.39 Å². The number of methoxy groups -OCH3 is 2. The minimum absolute atomic E-state index is 0.376. The molecule has 0 unspecified atom stereocenters. The van der Waals surface area contributed by atoms with Gasteiger partial charge in [-0.15, -0.1) is 0 Å². The molecule has 3 nitrogen and oxygen atoms in total. The Bertz CT molecular complexity index is 851. The number of para-hydroxylation sites is 1. The van der Waals surface area contributed by atoms with Crippen molar-refractivity contribution in [3.63, 3.8) is 0 Å². The lowest BCUT2D eigenvalue weighted by atomic mass is 10.1. The summed E-state index contributed by atoms with van der Waals surface area (Å²) in [7, 11) is 3.07. The highest BCUT2D eigenvalue weighted by atomic mass is 35.5. The minimum Gasteiger partial charge on any atom is -0.496 e. The van der Waals surface area contributed by atoms with Gasteiger partial charge in [0.2, 0.25) is 0 Å². The summed E-state index contributed by atoms with van der Waals surface area (Å²) in [6.45, 7) is 0. The van der Waals surface area contributed by atoms with E-state index in [0.717, 1.165) is 5.39 Å². The zero-order chi connectivity index (χ0) is 15.7. The Balaban J connectivity index is 2.34. The number of aromatic nitrogens is 1. The van der Waals surface area contributed by atoms with Crippen molar-refractivity contribution < 1.29 is 13.9 Å². The average molecular weight is 318 g/mol. The number of fused-ring (bicyclic) bond motifs is 1. The molecule has 0 aliphatic rings. The predicted molar refractivity (Wildman–Crippen MR) is 85.3 cm³/mol. The summed E-state index contributed by atoms with van der Waals surface area (Å²) in [6.07, 6.45) is 0. The van der Waals surface area contributed by atoms with Gasteiger partial charge in [0.25, 0.3) is 0 Å². The maximum Gasteiger partial charge on any atom is 0.145 e. The third-order valence-corrected chi connectivity index (χ3v) is 3.70. The number of rotatable bonds is 3. The summed E-state index contributed by atoms with van der Waals surface area (Å²) in [4.78, 5) is 4.56. The van der Waals surface area contributed by atoms with E-state index >= 15 is 0 Å². The van der Waals surface area contributed by atoms with Crippen molar-refractivity contribution in [2.75, 3.05) is 14.2 Å². The van der Waals surface area contributed by atoms with Crippen molar-refractivity contribution in [2.45, 2.75) is 0 Å². The fourth-order valence-electron chi connectivity index (χ4n) is 2.36. The molecule has 5 heteroatoms. The first-order chi connectivity index (χ1) is 10.6. The molecule has 0 aliphatic carbocycles. The third kappa shape index (κ3) is 2.46. The Kier molecular flexibility index (Phi) is 3.86. The number of pyridine rings is 1. The highest BCUT2D eigenvalue weighted by molar-refractivity contribution is 6.35. The fourth-order valence-corrected chi connectivity index (χ4v) is 2.58. The zero-order valence-corrected chi connectivity index (χ0v) is 12.8. The molecular formula is C17H13ClFNO2. The van der Waals surface area contributed by atoms with Gasteiger partial charge in [-0.3, -0.25) is 0 Å². The van der Waals surface area contributed by atoms with Crippen LogP contribution in [0.3, 0.4) is 0 Å². The second-order valence-electron chi connectivity index (χ2n) is 4.70. The molecule has 0 N–H and O–H groups in total. The number of nitrogens with zero attached hydrogens (tertiary/aromatic N) is 1. The minimum atomic E-state index is -0.376. The van der Waals surface area contributed by atoms with Gasteiger partial charge in [0.15, 0.2) is 0 Å². The van der Waals surface area contributed by atoms with Crippen molar-refractivity contribution in [2.24, 2.45) is 0 Å². The maximum absolute atomic E-state index is 13.6. The molecule has 2 aromatic carbocycles. The highest BCUT2D eigenvalue weighted by Crippen LogP contribution is 2.38. The number of hydrogen-bond acceptors (Lipinski definition) is 3. The molecule has 0 bridgehead atoms. The van der Waals surface area contributed by atoms with E-state index in [9.17, 15) is 4.39 Å². The summed E-state index contributed by atoms with van der Waals surface area (Å²) in [5.41, 5.74) is 1.63. The van der Waals surface area contributed by atoms with Crippen LogP contribution in [-0.4, -0.2) is 19.2 Å². The van der Waals surface area contributed by atoms with Gasteiger partial charge in [-0.1, -0.05) is 23.7 Å². The molecule has 0 spiro atoms. The normalized spacial score (nSPS) is 10.7. The van der Waals surface area contributed by atoms with Crippen molar-refractivity contribution >= 4 is 22.5 Å². The molecule has 3 aromatic rings. The number of halogens is 2. The summed E-state index contributed by atoms with van der Waals surface area (Å²) in [5.74, 6) is 0.663. The molecule has 0 fully saturated rings. The Morgan fingerprint density at radius 2 is 1.77 bits per heavy atom. The SMILES string of the molecule is COc1ccc(F)cc1-c1nc2c(Cl)cccc2cc1OC. The molecule has 22 heavy (non-hydrogen) atoms. The molecule has 0 saturated heterocycles. The highest BCUT2D eigenvalue weighted by Gasteiger charge is 2.16. The number of benzene rings is 2. The van der Waals surface area contributed by atoms with Crippen LogP contribution in [0.25, 0.3) is 22.2 Å². The van der Waals surface area contributed by atoms with Crippen LogP contribution in [-0.2, 0) is 0 Å². The van der Waals surface area contributed by atoms with Crippen molar-refractivity contribution in [3.8, 4) is 22.8 Å². The van der Waals surface area contributed by atoms with E-state index in [1.54, 1.807) is 19.2 Å². The smallest absolute Gasteiger partial charge is 0.145 e. The average Bonchev–Trinajstić information content (AvgIpc) is 2.54. The molecule has 0 amide bonds. The van der Waals surface area contributed by atoms with Gasteiger partial charge >= 0.3 is 0 Å². The van der Waals surface area contributed by atoms with Crippen LogP contribution in [0.5, 0.6) is 11.5 Å². The maximum atomic E-state index is 13.6. The van der Waals surface area contributed by atoms with E-state index in [0.29, 0.717) is 33.3 Å². The zero-order valence-electron chi connectivity index (χ0n) is 12.1. The molecule has 0 saturated carbocycles. The van der Waals surface area contributed by atoms with Crippen molar-refractivity contribution in [1.29, 1.82) is 0 Å². The molecule has 1 aromatic heterocycles. The fraction of sp³-hybridized carbons (Fsp3) is 0.118. The summed E-state index contributed by atoms with van der Waals surface area (Å²) < 4.78 is 24.4. The van der Waals surface area contributed by atoms with Gasteiger partial charge in [0, 0.05) is 10.9 Å². The molecular weight excluding hydrogens is 305 g/mol. The van der Waals surface area contributed by atoms with Crippen LogP contribution in [0, 0.1) is 5.82 Å². The Hall–Kier alpha value is -2.33. The molecule has 0 aliphatic heterocycles. The third-order valence-electron chi connectivity index (χ3n) is 3.40. The number of ether oxygens (including phenoxy) is 2. The van der Waals surface area contributed by atoms with Gasteiger partial charge in [-0.25, -0.2) is 9.37 Å². The van der Waals surface area contributed by atoms with Crippen LogP contribution in [0.15, 0.2) is 42.5 Å². The van der Waals surface area contributed by atoms with Gasteiger partial charge in [0.1, 0.15) is 23.0 Å². The summed E-state index contributed by atoms with van der Waals surface area (Å²) in [5, 5.41) is 1.38. The second kappa shape index (κ2) is 5.81. The molecule has 0 atom stereocenters. The lowest BCUT2D eigenvalue weighted by Crippen LogP contribution is -1.96. The molecule has 3 rings (SSSR count). The molecule has 1 heterocycles. The largest absolute Gasteiger partial charge is 0.496 e. The first-order valence-corrected chi connectivity index (χ1v) is 6.99. The summed E-state index contributed by atoms with van der Waals surface area (Å²) in [6, 6.07) is 11.6. The quantitative estimate of drug-likeness (QED) is 0.701. The monoisotopic (exact) mass is 317 g/mol. The van der Waals surface area contributed by atoms with Crippen LogP contribution in [0.2, 0.25) is 5.02 Å². The van der Waals surface area contributed by atoms with Gasteiger partial charge in [-0.2, -0.15) is 0 Å². The van der Waals surface area contributed by atoms with Crippen LogP contribution in [0.1, 0.15) is 0 Å². The Morgan fingerprint density at radius 3 is 2.50 bits per heavy atom. The topological polar surface area (TPSA) is 31.4 Å². The standard InChI is InChI=1S/C17H13ClFNO2/c1-21-14-7-6-11(19)9-12(14)17-15(22-2)8-10-4-3-5-13(18)16(10)20-17/h3-9H,1-2H3. The van der Waals surface area contributed by atoms with E-state index < -0.39 is 0 Å². The van der Waals surface area contributed by atoms with Crippen LogP contribution >= 0.6 is 11.6 Å². The predicted octanol–water partition coefficient (Wildman–Crippen LogP) is 4.71. The summed E-state index contributed by atoms with van der Waals surface area (Å²) >= 11 is 6.21. The first-order valence-electron chi connectivity index (χ1n) is 6.61. The van der Waals surface area contributed by atoms with E-state index in [2.05, 4.69) is 4.98 Å². The van der Waals surface area contributed by atoms with Crippen LogP contribution < -0.4 is 9.47 Å². The van der Waals surface area contributed by atoms with Gasteiger partial charge < -0.3 is 9.47 Å². The van der Waals surface area contributed by atoms with Crippen molar-refractivity contribution in [3.05, 3.63) is 53.3 Å².